The van der Waals surface area contributed by atoms with Crippen LogP contribution >= 0.6 is 0 Å². The standard InChI is InChI=1S/C18H28N2O2/c1-4-17(16-11-9-14(2)10-12-16)20-18(22)8-6-5-7-13-19-15(3)21/h9-12,17H,4-8,13H2,1-3H3,(H,19,21)(H,20,22). The van der Waals surface area contributed by atoms with Gasteiger partial charge in [-0.1, -0.05) is 43.2 Å². The van der Waals surface area contributed by atoms with E-state index < -0.39 is 0 Å². The van der Waals surface area contributed by atoms with Crippen molar-refractivity contribution in [2.45, 2.75) is 58.9 Å². The summed E-state index contributed by atoms with van der Waals surface area (Å²) in [5, 5.41) is 5.86. The van der Waals surface area contributed by atoms with Gasteiger partial charge in [0.2, 0.25) is 11.8 Å². The van der Waals surface area contributed by atoms with Crippen molar-refractivity contribution in [3.8, 4) is 0 Å². The van der Waals surface area contributed by atoms with Gasteiger partial charge in [-0.2, -0.15) is 0 Å². The molecule has 2 amide bonds. The van der Waals surface area contributed by atoms with Crippen LogP contribution in [0.15, 0.2) is 24.3 Å². The van der Waals surface area contributed by atoms with Gasteiger partial charge in [-0.15, -0.1) is 0 Å². The van der Waals surface area contributed by atoms with E-state index in [1.807, 2.05) is 0 Å². The Morgan fingerprint density at radius 3 is 2.36 bits per heavy atom. The Kier molecular flexibility index (Phi) is 8.26. The molecule has 22 heavy (non-hydrogen) atoms. The average Bonchev–Trinajstić information content (AvgIpc) is 2.49. The van der Waals surface area contributed by atoms with Crippen molar-refractivity contribution in [1.29, 1.82) is 0 Å². The molecule has 0 saturated carbocycles. The van der Waals surface area contributed by atoms with Crippen molar-refractivity contribution >= 4 is 11.8 Å². The van der Waals surface area contributed by atoms with Gasteiger partial charge in [0, 0.05) is 19.9 Å². The van der Waals surface area contributed by atoms with Crippen molar-refractivity contribution in [3.63, 3.8) is 0 Å². The van der Waals surface area contributed by atoms with Gasteiger partial charge in [-0.25, -0.2) is 0 Å². The number of carbonyl (C=O) groups is 2. The summed E-state index contributed by atoms with van der Waals surface area (Å²) in [5.41, 5.74) is 2.39. The van der Waals surface area contributed by atoms with Crippen molar-refractivity contribution in [3.05, 3.63) is 35.4 Å². The molecule has 1 aromatic rings. The van der Waals surface area contributed by atoms with Crippen LogP contribution in [0.3, 0.4) is 0 Å². The Bertz CT molecular complexity index is 468. The van der Waals surface area contributed by atoms with Crippen LogP contribution in [0.25, 0.3) is 0 Å². The first-order valence-electron chi connectivity index (χ1n) is 8.13. The highest BCUT2D eigenvalue weighted by Crippen LogP contribution is 2.17. The minimum absolute atomic E-state index is 0.00151. The molecule has 2 N–H and O–H groups in total. The fourth-order valence-corrected chi connectivity index (χ4v) is 2.34. The number of unbranched alkanes of at least 4 members (excludes halogenated alkanes) is 2. The highest BCUT2D eigenvalue weighted by atomic mass is 16.2. The quantitative estimate of drug-likeness (QED) is 0.688. The molecule has 0 spiro atoms. The lowest BCUT2D eigenvalue weighted by Crippen LogP contribution is -2.28. The molecule has 122 valence electrons. The molecule has 0 bridgehead atoms. The number of carbonyl (C=O) groups excluding carboxylic acids is 2. The molecule has 1 atom stereocenters. The fraction of sp³-hybridized carbons (Fsp3) is 0.556. The third kappa shape index (κ3) is 7.25. The molecule has 0 saturated heterocycles. The number of hydrogen-bond acceptors (Lipinski definition) is 2. The summed E-state index contributed by atoms with van der Waals surface area (Å²) in [5.74, 6) is 0.105. The summed E-state index contributed by atoms with van der Waals surface area (Å²) in [6, 6.07) is 8.40. The summed E-state index contributed by atoms with van der Waals surface area (Å²) in [7, 11) is 0. The zero-order chi connectivity index (χ0) is 16.4. The van der Waals surface area contributed by atoms with E-state index in [1.54, 1.807) is 0 Å². The second-order valence-electron chi connectivity index (χ2n) is 5.73. The van der Waals surface area contributed by atoms with Crippen molar-refractivity contribution in [2.75, 3.05) is 6.54 Å². The van der Waals surface area contributed by atoms with Crippen molar-refractivity contribution < 1.29 is 9.59 Å². The maximum atomic E-state index is 12.0. The van der Waals surface area contributed by atoms with Gasteiger partial charge < -0.3 is 10.6 Å². The van der Waals surface area contributed by atoms with E-state index in [4.69, 9.17) is 0 Å². The Morgan fingerprint density at radius 2 is 1.77 bits per heavy atom. The highest BCUT2D eigenvalue weighted by Gasteiger charge is 2.12. The molecule has 0 radical (unpaired) electrons. The van der Waals surface area contributed by atoms with Gasteiger partial charge in [-0.3, -0.25) is 9.59 Å². The number of amides is 2. The summed E-state index contributed by atoms with van der Waals surface area (Å²) < 4.78 is 0. The number of rotatable bonds is 9. The number of aryl methyl sites for hydroxylation is 1. The first kappa shape index (κ1) is 18.2. The smallest absolute Gasteiger partial charge is 0.220 e. The van der Waals surface area contributed by atoms with Crippen molar-refractivity contribution in [2.24, 2.45) is 0 Å². The minimum Gasteiger partial charge on any atom is -0.356 e. The SMILES string of the molecule is CCC(NC(=O)CCCCCNC(C)=O)c1ccc(C)cc1. The van der Waals surface area contributed by atoms with E-state index in [0.717, 1.165) is 31.2 Å². The molecule has 4 heteroatoms. The molecule has 0 heterocycles. The Morgan fingerprint density at radius 1 is 1.09 bits per heavy atom. The fourth-order valence-electron chi connectivity index (χ4n) is 2.34. The molecule has 1 unspecified atom stereocenters. The molecule has 0 aromatic heterocycles. The zero-order valence-electron chi connectivity index (χ0n) is 13.9. The largest absolute Gasteiger partial charge is 0.356 e. The molecule has 1 rings (SSSR count). The van der Waals surface area contributed by atoms with E-state index in [-0.39, 0.29) is 17.9 Å². The van der Waals surface area contributed by atoms with Gasteiger partial charge in [0.15, 0.2) is 0 Å². The third-order valence-corrected chi connectivity index (χ3v) is 3.68. The van der Waals surface area contributed by atoms with Crippen LogP contribution in [0, 0.1) is 6.92 Å². The molecule has 1 aromatic carbocycles. The van der Waals surface area contributed by atoms with E-state index in [1.165, 1.54) is 12.5 Å². The van der Waals surface area contributed by atoms with Crippen LogP contribution in [-0.2, 0) is 9.59 Å². The Hall–Kier alpha value is -1.84. The van der Waals surface area contributed by atoms with Crippen LogP contribution in [-0.4, -0.2) is 18.4 Å². The predicted molar refractivity (Wildman–Crippen MR) is 89.5 cm³/mol. The second kappa shape index (κ2) is 9.98. The molecule has 0 aliphatic carbocycles. The van der Waals surface area contributed by atoms with Crippen molar-refractivity contribution in [1.82, 2.24) is 10.6 Å². The number of benzene rings is 1. The molecular weight excluding hydrogens is 276 g/mol. The van der Waals surface area contributed by atoms with Crippen LogP contribution in [0.4, 0.5) is 0 Å². The summed E-state index contributed by atoms with van der Waals surface area (Å²) in [4.78, 5) is 22.7. The van der Waals surface area contributed by atoms with Crippen LogP contribution < -0.4 is 10.6 Å². The third-order valence-electron chi connectivity index (χ3n) is 3.68. The first-order chi connectivity index (χ1) is 10.5. The highest BCUT2D eigenvalue weighted by molar-refractivity contribution is 5.76. The molecule has 0 fully saturated rings. The lowest BCUT2D eigenvalue weighted by atomic mass is 10.0. The van der Waals surface area contributed by atoms with E-state index in [9.17, 15) is 9.59 Å². The Balaban J connectivity index is 2.27. The number of hydrogen-bond donors (Lipinski definition) is 2. The molecular formula is C18H28N2O2. The number of nitrogens with one attached hydrogen (secondary N) is 2. The lowest BCUT2D eigenvalue weighted by Gasteiger charge is -2.17. The van der Waals surface area contributed by atoms with Gasteiger partial charge in [0.25, 0.3) is 0 Å². The van der Waals surface area contributed by atoms with Crippen LogP contribution in [0.5, 0.6) is 0 Å². The second-order valence-corrected chi connectivity index (χ2v) is 5.73. The van der Waals surface area contributed by atoms with Crippen LogP contribution in [0.1, 0.15) is 63.1 Å². The molecule has 0 aliphatic heterocycles. The predicted octanol–water partition coefficient (Wildman–Crippen LogP) is 3.26. The van der Waals surface area contributed by atoms with Gasteiger partial charge in [-0.05, 0) is 31.7 Å². The Labute approximate surface area is 133 Å². The minimum atomic E-state index is 0.00151. The monoisotopic (exact) mass is 304 g/mol. The zero-order valence-corrected chi connectivity index (χ0v) is 13.9. The molecule has 4 nitrogen and oxygen atoms in total. The average molecular weight is 304 g/mol. The summed E-state index contributed by atoms with van der Waals surface area (Å²) >= 11 is 0. The maximum Gasteiger partial charge on any atom is 0.220 e. The molecule has 0 aliphatic rings. The van der Waals surface area contributed by atoms with Crippen LogP contribution in [0.2, 0.25) is 0 Å². The van der Waals surface area contributed by atoms with E-state index in [0.29, 0.717) is 13.0 Å². The summed E-state index contributed by atoms with van der Waals surface area (Å²) in [6.45, 7) is 6.35. The van der Waals surface area contributed by atoms with E-state index >= 15 is 0 Å². The first-order valence-corrected chi connectivity index (χ1v) is 8.13. The van der Waals surface area contributed by atoms with E-state index in [2.05, 4.69) is 48.7 Å². The topological polar surface area (TPSA) is 58.2 Å². The van der Waals surface area contributed by atoms with Gasteiger partial charge in [0.1, 0.15) is 0 Å². The van der Waals surface area contributed by atoms with Gasteiger partial charge in [0.05, 0.1) is 6.04 Å². The van der Waals surface area contributed by atoms with Gasteiger partial charge >= 0.3 is 0 Å². The maximum absolute atomic E-state index is 12.0. The summed E-state index contributed by atoms with van der Waals surface area (Å²) in [6.07, 6.45) is 4.16. The normalized spacial score (nSPS) is 11.8. The lowest BCUT2D eigenvalue weighted by molar-refractivity contribution is -0.122.